The highest BCUT2D eigenvalue weighted by atomic mass is 35.5. The highest BCUT2D eigenvalue weighted by Crippen LogP contribution is 2.18. The number of benzene rings is 2. The van der Waals surface area contributed by atoms with E-state index in [2.05, 4.69) is 31.2 Å². The summed E-state index contributed by atoms with van der Waals surface area (Å²) in [5, 5.41) is 18.1. The molecule has 21 heteroatoms. The van der Waals surface area contributed by atoms with Gasteiger partial charge in [-0.2, -0.15) is 0 Å². The van der Waals surface area contributed by atoms with Crippen LogP contribution in [0.3, 0.4) is 0 Å². The summed E-state index contributed by atoms with van der Waals surface area (Å²) in [5.41, 5.74) is 13.1. The highest BCUT2D eigenvalue weighted by Gasteiger charge is 2.17. The second-order valence-electron chi connectivity index (χ2n) is 11.9. The molecule has 0 saturated heterocycles. The van der Waals surface area contributed by atoms with Gasteiger partial charge in [0.1, 0.15) is 25.6 Å². The summed E-state index contributed by atoms with van der Waals surface area (Å²) in [4.78, 5) is 43.9. The number of nitrogens with one attached hydrogen (secondary N) is 5. The average Bonchev–Trinajstić information content (AvgIpc) is 3.20. The molecule has 9 N–H and O–H groups in total. The molecule has 0 spiro atoms. The van der Waals surface area contributed by atoms with Crippen LogP contribution < -0.4 is 37.5 Å². The van der Waals surface area contributed by atoms with E-state index in [9.17, 15) is 14.4 Å². The van der Waals surface area contributed by atoms with Crippen molar-refractivity contribution >= 4 is 58.7 Å². The first-order valence-corrected chi connectivity index (χ1v) is 18.7. The summed E-state index contributed by atoms with van der Waals surface area (Å²) in [5.74, 6) is -0.459. The van der Waals surface area contributed by atoms with Crippen molar-refractivity contribution in [3.8, 4) is 5.75 Å². The van der Waals surface area contributed by atoms with Crippen LogP contribution in [-0.4, -0.2) is 127 Å². The summed E-state index contributed by atoms with van der Waals surface area (Å²) in [6, 6.07) is 14.2. The molecule has 0 aliphatic heterocycles. The smallest absolute Gasteiger partial charge is 0.411 e. The van der Waals surface area contributed by atoms with Crippen molar-refractivity contribution in [2.24, 2.45) is 0 Å². The molecule has 1 heterocycles. The van der Waals surface area contributed by atoms with Crippen LogP contribution in [-0.2, 0) is 39.6 Å². The van der Waals surface area contributed by atoms with Gasteiger partial charge in [0.2, 0.25) is 0 Å². The predicted molar refractivity (Wildman–Crippen MR) is 215 cm³/mol. The third-order valence-corrected chi connectivity index (χ3v) is 7.73. The fourth-order valence-electron chi connectivity index (χ4n) is 4.58. The minimum atomic E-state index is -0.718. The quantitative estimate of drug-likeness (QED) is 0.0329. The zero-order valence-electron chi connectivity index (χ0n) is 32.4. The topological polar surface area (TPSA) is 275 Å². The lowest BCUT2D eigenvalue weighted by atomic mass is 10.1. The van der Waals surface area contributed by atoms with Crippen LogP contribution in [0.5, 0.6) is 5.75 Å². The molecule has 20 nitrogen and oxygen atoms in total. The lowest BCUT2D eigenvalue weighted by Gasteiger charge is -2.11. The van der Waals surface area contributed by atoms with Crippen LogP contribution >= 0.6 is 11.6 Å². The molecule has 3 amide bonds. The van der Waals surface area contributed by atoms with E-state index >= 15 is 0 Å². The molecule has 3 rings (SSSR count). The number of hydrogen-bond acceptors (Lipinski definition) is 16. The number of hydrogen-bond donors (Lipinski definition) is 7. The van der Waals surface area contributed by atoms with Gasteiger partial charge in [-0.3, -0.25) is 26.2 Å². The summed E-state index contributed by atoms with van der Waals surface area (Å²) in [7, 11) is 1.60. The lowest BCUT2D eigenvalue weighted by Crippen LogP contribution is -2.41. The van der Waals surface area contributed by atoms with Crippen molar-refractivity contribution in [3.63, 3.8) is 0 Å². The zero-order valence-corrected chi connectivity index (χ0v) is 33.1. The van der Waals surface area contributed by atoms with E-state index in [1.54, 1.807) is 31.4 Å². The number of ether oxygens (including phenoxy) is 8. The normalized spacial score (nSPS) is 10.7. The summed E-state index contributed by atoms with van der Waals surface area (Å²) >= 11 is 5.80. The Morgan fingerprint density at radius 2 is 1.19 bits per heavy atom. The Morgan fingerprint density at radius 3 is 1.74 bits per heavy atom. The lowest BCUT2D eigenvalue weighted by molar-refractivity contribution is 0.0141. The third-order valence-electron chi connectivity index (χ3n) is 7.45. The molecule has 2 aromatic carbocycles. The Labute approximate surface area is 341 Å². The van der Waals surface area contributed by atoms with Gasteiger partial charge < -0.3 is 54.7 Å². The second kappa shape index (κ2) is 28.0. The van der Waals surface area contributed by atoms with Crippen molar-refractivity contribution < 1.29 is 52.3 Å². The van der Waals surface area contributed by atoms with Crippen LogP contribution in [0.4, 0.5) is 32.6 Å². The van der Waals surface area contributed by atoms with Gasteiger partial charge in [-0.05, 0) is 61.2 Å². The molecule has 0 aliphatic carbocycles. The number of methoxy groups -OCH3 is 1. The van der Waals surface area contributed by atoms with E-state index in [4.69, 9.17) is 66.4 Å². The first-order valence-electron chi connectivity index (χ1n) is 18.4. The SMILES string of the molecule is COCCOCCOCCOC(=O)Nc1ccc(NC(=O)OCCOCCOCCOc2ccc(CCCCNC(=N)NC(=O)c3nc(Cl)c(N)nc3N)cc2)cc1. The van der Waals surface area contributed by atoms with Gasteiger partial charge in [-0.1, -0.05) is 23.7 Å². The van der Waals surface area contributed by atoms with Crippen molar-refractivity contribution in [1.29, 1.82) is 5.41 Å². The number of amides is 3. The van der Waals surface area contributed by atoms with Gasteiger partial charge >= 0.3 is 12.2 Å². The van der Waals surface area contributed by atoms with Crippen LogP contribution in [0.15, 0.2) is 48.5 Å². The molecular weight excluding hydrogens is 782 g/mol. The first kappa shape index (κ1) is 46.9. The number of aromatic nitrogens is 2. The Morgan fingerprint density at radius 1 is 0.672 bits per heavy atom. The molecule has 0 fully saturated rings. The number of rotatable bonds is 27. The molecule has 0 radical (unpaired) electrons. The Hall–Kier alpha value is -5.51. The van der Waals surface area contributed by atoms with Crippen molar-refractivity contribution in [3.05, 3.63) is 64.9 Å². The minimum absolute atomic E-state index is 0.0528. The molecule has 3 aromatic rings. The number of carbonyl (C=O) groups excluding carboxylic acids is 3. The number of nitrogens with zero attached hydrogens (tertiary/aromatic N) is 2. The Balaban J connectivity index is 1.12. The van der Waals surface area contributed by atoms with E-state index in [1.165, 1.54) is 0 Å². The van der Waals surface area contributed by atoms with Crippen molar-refractivity contribution in [1.82, 2.24) is 20.6 Å². The Bertz CT molecular complexity index is 1690. The Kier molecular flexibility index (Phi) is 22.6. The van der Waals surface area contributed by atoms with Gasteiger partial charge in [0.15, 0.2) is 28.4 Å². The standard InChI is InChI=1S/C37H52ClN9O11/c1-51-14-15-52-16-17-54-21-24-57-36(49)43-27-7-9-28(10-8-27)44-37(50)58-25-22-55-19-18-53-20-23-56-29-11-5-26(6-12-29)4-2-3-13-42-35(41)47-34(48)30-32(39)46-33(40)31(38)45-30/h5-12H,2-4,13-25H2,1H3,(H,43,49)(H,44,50)(H4,39,40,46)(H3,41,42,47,48). The molecule has 0 unspecified atom stereocenters. The van der Waals surface area contributed by atoms with Crippen LogP contribution in [0, 0.1) is 5.41 Å². The zero-order chi connectivity index (χ0) is 41.8. The van der Waals surface area contributed by atoms with Gasteiger partial charge in [-0.15, -0.1) is 0 Å². The maximum atomic E-state index is 12.3. The fourth-order valence-corrected chi connectivity index (χ4v) is 4.71. The number of nitrogen functional groups attached to an aromatic ring is 2. The maximum absolute atomic E-state index is 12.3. The fraction of sp³-hybridized carbons (Fsp3) is 0.459. The van der Waals surface area contributed by atoms with Gasteiger partial charge in [0, 0.05) is 25.0 Å². The molecule has 0 atom stereocenters. The van der Waals surface area contributed by atoms with Crippen LogP contribution in [0.2, 0.25) is 5.15 Å². The van der Waals surface area contributed by atoms with Crippen molar-refractivity contribution in [2.75, 3.05) is 115 Å². The summed E-state index contributed by atoms with van der Waals surface area (Å²) in [6.45, 7) is 4.29. The van der Waals surface area contributed by atoms with Crippen molar-refractivity contribution in [2.45, 2.75) is 19.3 Å². The largest absolute Gasteiger partial charge is 0.491 e. The maximum Gasteiger partial charge on any atom is 0.411 e. The predicted octanol–water partition coefficient (Wildman–Crippen LogP) is 3.46. The van der Waals surface area contributed by atoms with E-state index in [0.717, 1.165) is 30.6 Å². The molecular formula is C37H52ClN9O11. The molecule has 0 aliphatic rings. The monoisotopic (exact) mass is 833 g/mol. The molecule has 318 valence electrons. The molecule has 0 saturated carbocycles. The van der Waals surface area contributed by atoms with E-state index in [1.807, 2.05) is 24.3 Å². The number of guanidine groups is 1. The highest BCUT2D eigenvalue weighted by molar-refractivity contribution is 6.31. The molecule has 58 heavy (non-hydrogen) atoms. The first-order chi connectivity index (χ1) is 28.1. The van der Waals surface area contributed by atoms with Gasteiger partial charge in [-0.25, -0.2) is 19.6 Å². The van der Waals surface area contributed by atoms with Gasteiger partial charge in [0.05, 0.1) is 59.5 Å². The molecule has 0 bridgehead atoms. The number of aryl methyl sites for hydroxylation is 1. The van der Waals surface area contributed by atoms with E-state index < -0.39 is 18.1 Å². The van der Waals surface area contributed by atoms with E-state index in [-0.39, 0.29) is 54.9 Å². The molecule has 1 aromatic heterocycles. The summed E-state index contributed by atoms with van der Waals surface area (Å²) < 4.78 is 42.4. The second-order valence-corrected chi connectivity index (χ2v) is 12.2. The number of halogens is 1. The van der Waals surface area contributed by atoms with E-state index in [0.29, 0.717) is 70.8 Å². The van der Waals surface area contributed by atoms with Gasteiger partial charge in [0.25, 0.3) is 5.91 Å². The number of carbonyl (C=O) groups is 3. The summed E-state index contributed by atoms with van der Waals surface area (Å²) in [6.07, 6.45) is 1.18. The minimum Gasteiger partial charge on any atom is -0.491 e. The number of nitrogens with two attached hydrogens (primary N) is 2. The van der Waals surface area contributed by atoms with Crippen LogP contribution in [0.25, 0.3) is 0 Å². The average molecular weight is 834 g/mol. The van der Waals surface area contributed by atoms with Crippen LogP contribution in [0.1, 0.15) is 28.9 Å². The third kappa shape index (κ3) is 20.1. The number of unbranched alkanes of at least 4 members (excludes halogenated alkanes) is 1. The number of anilines is 4.